The first-order chi connectivity index (χ1) is 18.3. The number of carbonyl (C=O) groups is 3. The van der Waals surface area contributed by atoms with E-state index in [0.29, 0.717) is 41.4 Å². The molecule has 0 spiro atoms. The Morgan fingerprint density at radius 2 is 1.58 bits per heavy atom. The molecule has 0 bridgehead atoms. The molecule has 0 saturated heterocycles. The van der Waals surface area contributed by atoms with Crippen LogP contribution in [0.4, 0.5) is 11.4 Å². The molecule has 38 heavy (non-hydrogen) atoms. The van der Waals surface area contributed by atoms with E-state index >= 15 is 0 Å². The molecule has 4 aromatic rings. The second-order valence-electron chi connectivity index (χ2n) is 8.17. The van der Waals surface area contributed by atoms with Gasteiger partial charge in [-0.3, -0.25) is 14.4 Å². The fourth-order valence-electron chi connectivity index (χ4n) is 3.75. The molecule has 2 aromatic carbocycles. The summed E-state index contributed by atoms with van der Waals surface area (Å²) in [4.78, 5) is 56.3. The lowest BCUT2D eigenvalue weighted by Gasteiger charge is -2.09. The predicted molar refractivity (Wildman–Crippen MR) is 145 cm³/mol. The number of fused-ring (bicyclic) bond motifs is 1. The minimum atomic E-state index is -0.640. The molecule has 0 radical (unpaired) electrons. The number of nitrogens with zero attached hydrogens (tertiary/aromatic N) is 2. The molecule has 196 valence electrons. The highest BCUT2D eigenvalue weighted by Gasteiger charge is 2.26. The van der Waals surface area contributed by atoms with E-state index in [0.717, 1.165) is 22.2 Å². The second-order valence-corrected chi connectivity index (χ2v) is 9.15. The van der Waals surface area contributed by atoms with Crippen molar-refractivity contribution < 1.29 is 23.9 Å². The van der Waals surface area contributed by atoms with Crippen molar-refractivity contribution in [2.75, 3.05) is 24.4 Å². The SMILES string of the molecule is CCCc1cc(=O)n2c(C(=O)Nc3ccc(OCC)cc3)c(C(=O)Nc3ccc(C(=O)OC)cc3)sc2n1. The number of nitrogens with one attached hydrogen (secondary N) is 2. The Morgan fingerprint density at radius 1 is 0.947 bits per heavy atom. The summed E-state index contributed by atoms with van der Waals surface area (Å²) in [7, 11) is 1.28. The van der Waals surface area contributed by atoms with Crippen molar-refractivity contribution in [3.8, 4) is 5.75 Å². The number of thiazole rings is 1. The number of ether oxygens (including phenoxy) is 2. The Balaban J connectivity index is 1.71. The fourth-order valence-corrected chi connectivity index (χ4v) is 4.79. The van der Waals surface area contributed by atoms with E-state index in [1.54, 1.807) is 36.4 Å². The molecule has 10 nitrogen and oxygen atoms in total. The topological polar surface area (TPSA) is 128 Å². The highest BCUT2D eigenvalue weighted by molar-refractivity contribution is 7.19. The standard InChI is InChI=1S/C27H26N4O6S/c1-4-6-19-15-21(32)31-22(24(33)28-18-11-13-20(14-12-18)37-5-2)23(38-27(31)30-19)25(34)29-17-9-7-16(8-10-17)26(35)36-3/h7-15H,4-6H2,1-3H3,(H,28,33)(H,29,34). The van der Waals surface area contributed by atoms with E-state index in [9.17, 15) is 19.2 Å². The van der Waals surface area contributed by atoms with Crippen LogP contribution in [0.3, 0.4) is 0 Å². The van der Waals surface area contributed by atoms with Gasteiger partial charge in [0.25, 0.3) is 17.4 Å². The molecule has 0 aliphatic rings. The number of carbonyl (C=O) groups excluding carboxylic acids is 3. The number of methoxy groups -OCH3 is 1. The van der Waals surface area contributed by atoms with Gasteiger partial charge >= 0.3 is 5.97 Å². The van der Waals surface area contributed by atoms with E-state index in [2.05, 4.69) is 15.6 Å². The molecule has 2 amide bonds. The van der Waals surface area contributed by atoms with Crippen molar-refractivity contribution in [1.82, 2.24) is 9.38 Å². The van der Waals surface area contributed by atoms with Crippen molar-refractivity contribution in [2.24, 2.45) is 0 Å². The average molecular weight is 535 g/mol. The summed E-state index contributed by atoms with van der Waals surface area (Å²) < 4.78 is 11.3. The summed E-state index contributed by atoms with van der Waals surface area (Å²) in [5, 5.41) is 5.47. The van der Waals surface area contributed by atoms with Crippen LogP contribution in [0, 0.1) is 0 Å². The number of amides is 2. The smallest absolute Gasteiger partial charge is 0.337 e. The van der Waals surface area contributed by atoms with Gasteiger partial charge in [0.15, 0.2) is 4.96 Å². The van der Waals surface area contributed by atoms with Gasteiger partial charge in [-0.25, -0.2) is 14.2 Å². The zero-order valence-corrected chi connectivity index (χ0v) is 21.9. The molecule has 2 aromatic heterocycles. The highest BCUT2D eigenvalue weighted by Crippen LogP contribution is 2.25. The van der Waals surface area contributed by atoms with Crippen LogP contribution in [-0.2, 0) is 11.2 Å². The van der Waals surface area contributed by atoms with Gasteiger partial charge in [0.05, 0.1) is 19.3 Å². The highest BCUT2D eigenvalue weighted by atomic mass is 32.1. The van der Waals surface area contributed by atoms with Crippen LogP contribution in [0.25, 0.3) is 4.96 Å². The van der Waals surface area contributed by atoms with Crippen LogP contribution < -0.4 is 20.9 Å². The Hall–Kier alpha value is -4.51. The lowest BCUT2D eigenvalue weighted by Crippen LogP contribution is -2.25. The number of hydrogen-bond donors (Lipinski definition) is 2. The summed E-state index contributed by atoms with van der Waals surface area (Å²) in [5.41, 5.74) is 1.19. The second kappa shape index (κ2) is 11.7. The Labute approximate surface area is 222 Å². The van der Waals surface area contributed by atoms with E-state index in [-0.39, 0.29) is 15.5 Å². The Bertz CT molecular complexity index is 1540. The lowest BCUT2D eigenvalue weighted by molar-refractivity contribution is 0.0600. The van der Waals surface area contributed by atoms with Gasteiger partial charge in [-0.15, -0.1) is 0 Å². The van der Waals surface area contributed by atoms with E-state index < -0.39 is 23.3 Å². The van der Waals surface area contributed by atoms with Crippen LogP contribution in [0.2, 0.25) is 0 Å². The summed E-state index contributed by atoms with van der Waals surface area (Å²) >= 11 is 0.950. The maximum Gasteiger partial charge on any atom is 0.337 e. The summed E-state index contributed by atoms with van der Waals surface area (Å²) in [6, 6.07) is 14.2. The van der Waals surface area contributed by atoms with Gasteiger partial charge < -0.3 is 20.1 Å². The first-order valence-corrected chi connectivity index (χ1v) is 12.8. The van der Waals surface area contributed by atoms with Crippen LogP contribution in [0.15, 0.2) is 59.4 Å². The average Bonchev–Trinajstić information content (AvgIpc) is 3.31. The quantitative estimate of drug-likeness (QED) is 0.305. The normalized spacial score (nSPS) is 10.7. The maximum absolute atomic E-state index is 13.4. The third kappa shape index (κ3) is 5.73. The Morgan fingerprint density at radius 3 is 2.18 bits per heavy atom. The molecular weight excluding hydrogens is 508 g/mol. The fraction of sp³-hybridized carbons (Fsp3) is 0.222. The monoisotopic (exact) mass is 534 g/mol. The van der Waals surface area contributed by atoms with Crippen LogP contribution in [0.1, 0.15) is 56.5 Å². The predicted octanol–water partition coefficient (Wildman–Crippen LogP) is 4.40. The van der Waals surface area contributed by atoms with Crippen LogP contribution in [0.5, 0.6) is 5.75 Å². The number of benzene rings is 2. The number of esters is 1. The molecule has 0 aliphatic carbocycles. The molecule has 0 fully saturated rings. The van der Waals surface area contributed by atoms with Gasteiger partial charge in [0.1, 0.15) is 16.3 Å². The zero-order valence-electron chi connectivity index (χ0n) is 21.1. The number of rotatable bonds is 9. The van der Waals surface area contributed by atoms with Gasteiger partial charge in [-0.2, -0.15) is 0 Å². The number of aromatic nitrogens is 2. The zero-order chi connectivity index (χ0) is 27.2. The molecule has 4 rings (SSSR count). The van der Waals surface area contributed by atoms with E-state index in [1.165, 1.54) is 25.3 Å². The minimum absolute atomic E-state index is 0.0173. The lowest BCUT2D eigenvalue weighted by atomic mass is 10.2. The molecule has 2 N–H and O–H groups in total. The first-order valence-electron chi connectivity index (χ1n) is 11.9. The maximum atomic E-state index is 13.4. The molecule has 0 unspecified atom stereocenters. The molecule has 0 saturated carbocycles. The van der Waals surface area contributed by atoms with Crippen molar-refractivity contribution in [3.63, 3.8) is 0 Å². The minimum Gasteiger partial charge on any atom is -0.494 e. The van der Waals surface area contributed by atoms with Crippen molar-refractivity contribution in [2.45, 2.75) is 26.7 Å². The number of hydrogen-bond acceptors (Lipinski definition) is 8. The van der Waals surface area contributed by atoms with Crippen LogP contribution in [-0.4, -0.2) is 40.9 Å². The van der Waals surface area contributed by atoms with E-state index in [4.69, 9.17) is 9.47 Å². The third-order valence-electron chi connectivity index (χ3n) is 5.49. The van der Waals surface area contributed by atoms with Crippen LogP contribution >= 0.6 is 11.3 Å². The Kier molecular flexibility index (Phi) is 8.17. The van der Waals surface area contributed by atoms with Crippen molar-refractivity contribution >= 4 is 45.5 Å². The van der Waals surface area contributed by atoms with E-state index in [1.807, 2.05) is 13.8 Å². The number of anilines is 2. The molecule has 0 atom stereocenters. The van der Waals surface area contributed by atoms with Gasteiger partial charge in [-0.1, -0.05) is 24.7 Å². The van der Waals surface area contributed by atoms with Gasteiger partial charge in [-0.05, 0) is 61.9 Å². The molecule has 2 heterocycles. The molecule has 0 aliphatic heterocycles. The number of aryl methyl sites for hydroxylation is 1. The van der Waals surface area contributed by atoms with Crippen molar-refractivity contribution in [3.05, 3.63) is 86.8 Å². The largest absolute Gasteiger partial charge is 0.494 e. The molecule has 11 heteroatoms. The van der Waals surface area contributed by atoms with Gasteiger partial charge in [0.2, 0.25) is 0 Å². The summed E-state index contributed by atoms with van der Waals surface area (Å²) in [6.45, 7) is 4.35. The van der Waals surface area contributed by atoms with Crippen molar-refractivity contribution in [1.29, 1.82) is 0 Å². The van der Waals surface area contributed by atoms with Gasteiger partial charge in [0, 0.05) is 23.1 Å². The molecular formula is C27H26N4O6S. The summed E-state index contributed by atoms with van der Waals surface area (Å²) in [5.74, 6) is -1.10. The third-order valence-corrected chi connectivity index (χ3v) is 6.53. The first kappa shape index (κ1) is 26.6. The summed E-state index contributed by atoms with van der Waals surface area (Å²) in [6.07, 6.45) is 1.37.